The first-order valence-electron chi connectivity index (χ1n) is 6.84. The maximum atomic E-state index is 12.1. The smallest absolute Gasteiger partial charge is 0.317 e. The van der Waals surface area contributed by atoms with E-state index >= 15 is 0 Å². The van der Waals surface area contributed by atoms with E-state index in [2.05, 4.69) is 12.2 Å². The first kappa shape index (κ1) is 14.3. The van der Waals surface area contributed by atoms with Gasteiger partial charge < -0.3 is 16.0 Å². The van der Waals surface area contributed by atoms with Crippen molar-refractivity contribution in [1.82, 2.24) is 10.2 Å². The van der Waals surface area contributed by atoms with Crippen molar-refractivity contribution in [2.75, 3.05) is 19.6 Å². The molecule has 3 N–H and O–H groups in total. The van der Waals surface area contributed by atoms with Crippen LogP contribution >= 0.6 is 0 Å². The van der Waals surface area contributed by atoms with Gasteiger partial charge in [0.2, 0.25) is 0 Å². The fraction of sp³-hybridized carbons (Fsp3) is 0.923. The van der Waals surface area contributed by atoms with E-state index in [1.54, 1.807) is 0 Å². The largest absolute Gasteiger partial charge is 0.331 e. The Bertz CT molecular complexity index is 253. The lowest BCUT2D eigenvalue weighted by atomic mass is 9.76. The number of nitrogens with one attached hydrogen (secondary N) is 1. The molecular formula is C13H27N3O. The second-order valence-corrected chi connectivity index (χ2v) is 5.29. The monoisotopic (exact) mass is 241 g/mol. The highest BCUT2D eigenvalue weighted by molar-refractivity contribution is 5.75. The van der Waals surface area contributed by atoms with Crippen molar-refractivity contribution in [1.29, 1.82) is 0 Å². The minimum Gasteiger partial charge on any atom is -0.331 e. The fourth-order valence-corrected chi connectivity index (χ4v) is 2.83. The van der Waals surface area contributed by atoms with E-state index in [0.29, 0.717) is 12.5 Å². The van der Waals surface area contributed by atoms with Crippen molar-refractivity contribution in [3.8, 4) is 0 Å². The molecular weight excluding hydrogens is 214 g/mol. The Labute approximate surface area is 105 Å². The van der Waals surface area contributed by atoms with E-state index in [1.807, 2.05) is 18.7 Å². The molecule has 2 amide bonds. The number of amides is 2. The molecule has 4 nitrogen and oxygen atoms in total. The number of nitrogens with two attached hydrogens (primary N) is 1. The van der Waals surface area contributed by atoms with Gasteiger partial charge in [0.1, 0.15) is 0 Å². The third-order valence-electron chi connectivity index (χ3n) is 3.90. The summed E-state index contributed by atoms with van der Waals surface area (Å²) < 4.78 is 0. The summed E-state index contributed by atoms with van der Waals surface area (Å²) >= 11 is 0. The van der Waals surface area contributed by atoms with Crippen LogP contribution in [0.3, 0.4) is 0 Å². The van der Waals surface area contributed by atoms with Gasteiger partial charge in [-0.15, -0.1) is 0 Å². The summed E-state index contributed by atoms with van der Waals surface area (Å²) in [5, 5.41) is 3.18. The Balaban J connectivity index is 2.64. The van der Waals surface area contributed by atoms with Crippen molar-refractivity contribution < 1.29 is 4.79 Å². The van der Waals surface area contributed by atoms with Crippen LogP contribution in [0.2, 0.25) is 0 Å². The van der Waals surface area contributed by atoms with Crippen LogP contribution in [0.1, 0.15) is 46.5 Å². The van der Waals surface area contributed by atoms with Crippen LogP contribution in [0.15, 0.2) is 0 Å². The third-order valence-corrected chi connectivity index (χ3v) is 3.90. The van der Waals surface area contributed by atoms with Gasteiger partial charge in [0.15, 0.2) is 0 Å². The first-order valence-corrected chi connectivity index (χ1v) is 6.84. The molecule has 0 aromatic heterocycles. The molecule has 1 fully saturated rings. The first-order chi connectivity index (χ1) is 8.06. The Morgan fingerprint density at radius 1 is 1.47 bits per heavy atom. The second-order valence-electron chi connectivity index (χ2n) is 5.29. The molecule has 1 aliphatic carbocycles. The zero-order valence-corrected chi connectivity index (χ0v) is 11.5. The highest BCUT2D eigenvalue weighted by Gasteiger charge is 2.35. The zero-order chi connectivity index (χ0) is 12.9. The van der Waals surface area contributed by atoms with Crippen LogP contribution < -0.4 is 11.1 Å². The SMILES string of the molecule is CCN(CC)C(=O)NC1(CN)CCCC(C)C1. The van der Waals surface area contributed by atoms with Crippen molar-refractivity contribution >= 4 is 6.03 Å². The minimum absolute atomic E-state index is 0.0366. The zero-order valence-electron chi connectivity index (χ0n) is 11.5. The number of urea groups is 1. The number of rotatable bonds is 4. The average molecular weight is 241 g/mol. The molecule has 0 bridgehead atoms. The Morgan fingerprint density at radius 2 is 2.12 bits per heavy atom. The summed E-state index contributed by atoms with van der Waals surface area (Å²) in [5.41, 5.74) is 5.73. The van der Waals surface area contributed by atoms with Crippen molar-refractivity contribution in [2.45, 2.75) is 52.0 Å². The van der Waals surface area contributed by atoms with E-state index in [4.69, 9.17) is 5.73 Å². The van der Waals surface area contributed by atoms with Gasteiger partial charge in [0.05, 0.1) is 5.54 Å². The van der Waals surface area contributed by atoms with Crippen molar-refractivity contribution in [2.24, 2.45) is 11.7 Å². The van der Waals surface area contributed by atoms with E-state index in [0.717, 1.165) is 32.4 Å². The summed E-state index contributed by atoms with van der Waals surface area (Å²) in [6.45, 7) is 8.29. The average Bonchev–Trinajstić information content (AvgIpc) is 2.30. The summed E-state index contributed by atoms with van der Waals surface area (Å²) in [7, 11) is 0. The van der Waals surface area contributed by atoms with E-state index in [-0.39, 0.29) is 11.6 Å². The summed E-state index contributed by atoms with van der Waals surface area (Å²) in [6.07, 6.45) is 4.44. The molecule has 1 rings (SSSR count). The van der Waals surface area contributed by atoms with Gasteiger partial charge in [-0.2, -0.15) is 0 Å². The Kier molecular flexibility index (Phi) is 5.25. The van der Waals surface area contributed by atoms with E-state index in [9.17, 15) is 4.79 Å². The maximum Gasteiger partial charge on any atom is 0.317 e. The van der Waals surface area contributed by atoms with Crippen LogP contribution in [0, 0.1) is 5.92 Å². The quantitative estimate of drug-likeness (QED) is 0.790. The predicted molar refractivity (Wildman–Crippen MR) is 70.9 cm³/mol. The fourth-order valence-electron chi connectivity index (χ4n) is 2.83. The standard InChI is InChI=1S/C13H27N3O/c1-4-16(5-2)12(17)15-13(10-14)8-6-7-11(3)9-13/h11H,4-10,14H2,1-3H3,(H,15,17). The highest BCUT2D eigenvalue weighted by Crippen LogP contribution is 2.31. The predicted octanol–water partition coefficient (Wildman–Crippen LogP) is 1.95. The molecule has 17 heavy (non-hydrogen) atoms. The van der Waals surface area contributed by atoms with Gasteiger partial charge >= 0.3 is 6.03 Å². The van der Waals surface area contributed by atoms with Crippen LogP contribution in [0.25, 0.3) is 0 Å². The molecule has 2 unspecified atom stereocenters. The molecule has 0 aliphatic heterocycles. The van der Waals surface area contributed by atoms with Crippen LogP contribution in [0.5, 0.6) is 0 Å². The molecule has 0 radical (unpaired) electrons. The van der Waals surface area contributed by atoms with E-state index in [1.165, 1.54) is 6.42 Å². The van der Waals surface area contributed by atoms with Gasteiger partial charge in [0, 0.05) is 19.6 Å². The lowest BCUT2D eigenvalue weighted by Gasteiger charge is -2.41. The molecule has 1 saturated carbocycles. The Hall–Kier alpha value is -0.770. The summed E-state index contributed by atoms with van der Waals surface area (Å²) in [5.74, 6) is 0.657. The minimum atomic E-state index is -0.169. The number of hydrogen-bond donors (Lipinski definition) is 2. The molecule has 100 valence electrons. The molecule has 1 aliphatic rings. The highest BCUT2D eigenvalue weighted by atomic mass is 16.2. The van der Waals surface area contributed by atoms with Crippen molar-refractivity contribution in [3.05, 3.63) is 0 Å². The molecule has 4 heteroatoms. The molecule has 0 aromatic rings. The van der Waals surface area contributed by atoms with Gasteiger partial charge in [-0.1, -0.05) is 19.8 Å². The molecule has 0 spiro atoms. The number of nitrogens with zero attached hydrogens (tertiary/aromatic N) is 1. The number of carbonyl (C=O) groups is 1. The second kappa shape index (κ2) is 6.24. The molecule has 2 atom stereocenters. The van der Waals surface area contributed by atoms with Crippen LogP contribution in [-0.4, -0.2) is 36.1 Å². The van der Waals surface area contributed by atoms with Gasteiger partial charge in [-0.25, -0.2) is 4.79 Å². The number of carbonyl (C=O) groups excluding carboxylic acids is 1. The molecule has 0 saturated heterocycles. The van der Waals surface area contributed by atoms with Gasteiger partial charge in [-0.3, -0.25) is 0 Å². The van der Waals surface area contributed by atoms with E-state index < -0.39 is 0 Å². The maximum absolute atomic E-state index is 12.1. The topological polar surface area (TPSA) is 58.4 Å². The lowest BCUT2D eigenvalue weighted by Crippen LogP contribution is -2.58. The van der Waals surface area contributed by atoms with Gasteiger partial charge in [0.25, 0.3) is 0 Å². The number of hydrogen-bond acceptors (Lipinski definition) is 2. The summed E-state index contributed by atoms with van der Waals surface area (Å²) in [4.78, 5) is 13.9. The van der Waals surface area contributed by atoms with Gasteiger partial charge in [-0.05, 0) is 32.6 Å². The molecule has 0 heterocycles. The van der Waals surface area contributed by atoms with Crippen LogP contribution in [0.4, 0.5) is 4.79 Å². The summed E-state index contributed by atoms with van der Waals surface area (Å²) in [6, 6.07) is 0.0366. The Morgan fingerprint density at radius 3 is 2.59 bits per heavy atom. The normalized spacial score (nSPS) is 28.8. The molecule has 0 aromatic carbocycles. The van der Waals surface area contributed by atoms with Crippen molar-refractivity contribution in [3.63, 3.8) is 0 Å². The van der Waals surface area contributed by atoms with Crippen LogP contribution in [-0.2, 0) is 0 Å². The lowest BCUT2D eigenvalue weighted by molar-refractivity contribution is 0.160. The third kappa shape index (κ3) is 3.60.